The summed E-state index contributed by atoms with van der Waals surface area (Å²) in [4.78, 5) is 11.8. The molecule has 2 aromatic heterocycles. The van der Waals surface area contributed by atoms with Crippen LogP contribution in [0.15, 0.2) is 24.4 Å². The molecule has 0 fully saturated rings. The third-order valence-electron chi connectivity index (χ3n) is 3.38. The van der Waals surface area contributed by atoms with Crippen LogP contribution >= 0.6 is 11.6 Å². The number of rotatable bonds is 7. The molecule has 4 nitrogen and oxygen atoms in total. The largest absolute Gasteiger partial charge is 0.491 e. The summed E-state index contributed by atoms with van der Waals surface area (Å²) in [5.41, 5.74) is 0.299. The van der Waals surface area contributed by atoms with Crippen LogP contribution in [0.4, 0.5) is 8.78 Å². The van der Waals surface area contributed by atoms with Crippen molar-refractivity contribution in [3.05, 3.63) is 35.4 Å². The molecular weight excluding hydrogens is 336 g/mol. The van der Waals surface area contributed by atoms with E-state index in [0.717, 1.165) is 6.42 Å². The van der Waals surface area contributed by atoms with E-state index in [9.17, 15) is 8.78 Å². The molecule has 0 aliphatic carbocycles. The van der Waals surface area contributed by atoms with Gasteiger partial charge in [0.1, 0.15) is 11.4 Å². The summed E-state index contributed by atoms with van der Waals surface area (Å²) in [6.07, 6.45) is -0.320. The molecule has 0 spiro atoms. The van der Waals surface area contributed by atoms with Gasteiger partial charge in [-0.15, -0.1) is 0 Å². The van der Waals surface area contributed by atoms with Crippen molar-refractivity contribution < 1.29 is 13.5 Å². The highest BCUT2D eigenvalue weighted by molar-refractivity contribution is 6.28. The van der Waals surface area contributed by atoms with E-state index < -0.39 is 6.43 Å². The minimum absolute atomic E-state index is 0.0377. The van der Waals surface area contributed by atoms with Crippen molar-refractivity contribution in [1.82, 2.24) is 15.0 Å². The summed E-state index contributed by atoms with van der Waals surface area (Å²) >= 11 is 5.73. The number of nitrogens with zero attached hydrogens (tertiary/aromatic N) is 3. The molecule has 0 aliphatic rings. The lowest BCUT2D eigenvalue weighted by molar-refractivity contribution is 0.137. The highest BCUT2D eigenvalue weighted by Crippen LogP contribution is 2.30. The Hall–Kier alpha value is -1.82. The first-order chi connectivity index (χ1) is 11.4. The van der Waals surface area contributed by atoms with Crippen molar-refractivity contribution in [1.29, 1.82) is 0 Å². The van der Waals surface area contributed by atoms with Crippen LogP contribution in [0.25, 0.3) is 11.4 Å². The fourth-order valence-corrected chi connectivity index (χ4v) is 2.61. The molecule has 0 aromatic carbocycles. The van der Waals surface area contributed by atoms with Crippen molar-refractivity contribution >= 4 is 11.6 Å². The second-order valence-corrected chi connectivity index (χ2v) is 6.48. The SMILES string of the molecule is CC(C)CC(C)COc1ccc(-c2ccnc(Cl)n2)nc1C(F)F. The summed E-state index contributed by atoms with van der Waals surface area (Å²) in [6.45, 7) is 6.64. The lowest BCUT2D eigenvalue weighted by Crippen LogP contribution is -2.12. The lowest BCUT2D eigenvalue weighted by Gasteiger charge is -2.17. The van der Waals surface area contributed by atoms with Crippen LogP contribution in [0.2, 0.25) is 5.28 Å². The van der Waals surface area contributed by atoms with E-state index in [0.29, 0.717) is 23.9 Å². The normalized spacial score (nSPS) is 12.7. The summed E-state index contributed by atoms with van der Waals surface area (Å²) < 4.78 is 32.2. The quantitative estimate of drug-likeness (QED) is 0.641. The topological polar surface area (TPSA) is 47.9 Å². The summed E-state index contributed by atoms with van der Waals surface area (Å²) in [6, 6.07) is 4.66. The standard InChI is InChI=1S/C17H20ClF2N3O/c1-10(2)8-11(3)9-24-14-5-4-12(22-15(14)16(19)20)13-6-7-21-17(18)23-13/h4-7,10-11,16H,8-9H2,1-3H3. The second-order valence-electron chi connectivity index (χ2n) is 6.14. The van der Waals surface area contributed by atoms with Crippen LogP contribution in [0.3, 0.4) is 0 Å². The molecule has 2 rings (SSSR count). The molecule has 0 saturated carbocycles. The number of alkyl halides is 2. The molecule has 2 aromatic rings. The number of ether oxygens (including phenoxy) is 1. The van der Waals surface area contributed by atoms with Crippen molar-refractivity contribution in [3.63, 3.8) is 0 Å². The van der Waals surface area contributed by atoms with Gasteiger partial charge in [0, 0.05) is 6.20 Å². The second kappa shape index (κ2) is 8.33. The van der Waals surface area contributed by atoms with Crippen LogP contribution in [0, 0.1) is 11.8 Å². The van der Waals surface area contributed by atoms with E-state index >= 15 is 0 Å². The summed E-state index contributed by atoms with van der Waals surface area (Å²) in [5, 5.41) is 0.0377. The van der Waals surface area contributed by atoms with Gasteiger partial charge >= 0.3 is 0 Å². The predicted octanol–water partition coefficient (Wildman–Crippen LogP) is 5.19. The van der Waals surface area contributed by atoms with Crippen molar-refractivity contribution in [2.75, 3.05) is 6.61 Å². The van der Waals surface area contributed by atoms with Gasteiger partial charge in [-0.2, -0.15) is 0 Å². The minimum Gasteiger partial charge on any atom is -0.491 e. The molecule has 0 saturated heterocycles. The third-order valence-corrected chi connectivity index (χ3v) is 3.56. The maximum absolute atomic E-state index is 13.3. The molecule has 1 unspecified atom stereocenters. The molecule has 0 aliphatic heterocycles. The maximum atomic E-state index is 13.3. The molecule has 0 amide bonds. The van der Waals surface area contributed by atoms with E-state index in [2.05, 4.69) is 28.8 Å². The van der Waals surface area contributed by atoms with Crippen LogP contribution < -0.4 is 4.74 Å². The van der Waals surface area contributed by atoms with Crippen molar-refractivity contribution in [2.24, 2.45) is 11.8 Å². The molecule has 130 valence electrons. The zero-order valence-electron chi connectivity index (χ0n) is 13.8. The number of pyridine rings is 1. The van der Waals surface area contributed by atoms with Crippen LogP contribution in [0.1, 0.15) is 39.3 Å². The van der Waals surface area contributed by atoms with Gasteiger partial charge in [0.2, 0.25) is 5.28 Å². The Morgan fingerprint density at radius 2 is 1.79 bits per heavy atom. The fraction of sp³-hybridized carbons (Fsp3) is 0.471. The Morgan fingerprint density at radius 1 is 1.08 bits per heavy atom. The van der Waals surface area contributed by atoms with Crippen LogP contribution in [0.5, 0.6) is 5.75 Å². The minimum atomic E-state index is -2.74. The molecular formula is C17H20ClF2N3O. The average molecular weight is 356 g/mol. The highest BCUT2D eigenvalue weighted by atomic mass is 35.5. The Kier molecular flexibility index (Phi) is 6.43. The Bertz CT molecular complexity index is 683. The fourth-order valence-electron chi connectivity index (χ4n) is 2.47. The first-order valence-corrected chi connectivity index (χ1v) is 8.15. The van der Waals surface area contributed by atoms with E-state index in [1.807, 2.05) is 6.92 Å². The molecule has 7 heteroatoms. The van der Waals surface area contributed by atoms with Crippen LogP contribution in [-0.2, 0) is 0 Å². The van der Waals surface area contributed by atoms with E-state index in [-0.39, 0.29) is 22.6 Å². The lowest BCUT2D eigenvalue weighted by atomic mass is 10.00. The summed E-state index contributed by atoms with van der Waals surface area (Å²) in [5.74, 6) is 0.904. The number of hydrogen-bond acceptors (Lipinski definition) is 4. The molecule has 24 heavy (non-hydrogen) atoms. The Balaban J connectivity index is 2.21. The number of hydrogen-bond donors (Lipinski definition) is 0. The van der Waals surface area contributed by atoms with Gasteiger partial charge in [-0.05, 0) is 48.1 Å². The van der Waals surface area contributed by atoms with Crippen molar-refractivity contribution in [3.8, 4) is 17.1 Å². The smallest absolute Gasteiger partial charge is 0.284 e. The zero-order valence-corrected chi connectivity index (χ0v) is 14.6. The van der Waals surface area contributed by atoms with Gasteiger partial charge in [-0.3, -0.25) is 0 Å². The van der Waals surface area contributed by atoms with Gasteiger partial charge in [-0.25, -0.2) is 23.7 Å². The molecule has 1 atom stereocenters. The maximum Gasteiger partial charge on any atom is 0.284 e. The highest BCUT2D eigenvalue weighted by Gasteiger charge is 2.19. The number of halogens is 3. The zero-order chi connectivity index (χ0) is 17.7. The van der Waals surface area contributed by atoms with Gasteiger partial charge in [0.05, 0.1) is 18.0 Å². The molecule has 0 bridgehead atoms. The number of aromatic nitrogens is 3. The van der Waals surface area contributed by atoms with Crippen molar-refractivity contribution in [2.45, 2.75) is 33.6 Å². The molecule has 0 radical (unpaired) electrons. The molecule has 2 heterocycles. The van der Waals surface area contributed by atoms with E-state index in [1.165, 1.54) is 12.3 Å². The van der Waals surface area contributed by atoms with Gasteiger partial charge in [-0.1, -0.05) is 20.8 Å². The average Bonchev–Trinajstić information content (AvgIpc) is 2.52. The Morgan fingerprint density at radius 3 is 2.42 bits per heavy atom. The van der Waals surface area contributed by atoms with E-state index in [4.69, 9.17) is 16.3 Å². The van der Waals surface area contributed by atoms with Gasteiger partial charge < -0.3 is 4.74 Å². The predicted molar refractivity (Wildman–Crippen MR) is 89.3 cm³/mol. The monoisotopic (exact) mass is 355 g/mol. The molecule has 0 N–H and O–H groups in total. The Labute approximate surface area is 145 Å². The first-order valence-electron chi connectivity index (χ1n) is 7.77. The van der Waals surface area contributed by atoms with Gasteiger partial charge in [0.25, 0.3) is 6.43 Å². The third kappa shape index (κ3) is 5.09. The van der Waals surface area contributed by atoms with Gasteiger partial charge in [0.15, 0.2) is 0 Å². The first kappa shape index (κ1) is 18.5. The van der Waals surface area contributed by atoms with Crippen LogP contribution in [-0.4, -0.2) is 21.6 Å². The summed E-state index contributed by atoms with van der Waals surface area (Å²) in [7, 11) is 0. The van der Waals surface area contributed by atoms with E-state index in [1.54, 1.807) is 12.1 Å².